The van der Waals surface area contributed by atoms with E-state index in [-0.39, 0.29) is 6.04 Å². The number of aromatic nitrogens is 2. The summed E-state index contributed by atoms with van der Waals surface area (Å²) in [5.74, 6) is 1.12. The Balaban J connectivity index is 2.81. The average Bonchev–Trinajstić information content (AvgIpc) is 2.62. The van der Waals surface area contributed by atoms with Crippen molar-refractivity contribution >= 4 is 0 Å². The van der Waals surface area contributed by atoms with E-state index >= 15 is 0 Å². The molecule has 1 rings (SSSR count). The van der Waals surface area contributed by atoms with Gasteiger partial charge in [-0.3, -0.25) is 0 Å². The van der Waals surface area contributed by atoms with Crippen LogP contribution in [0.15, 0.2) is 12.4 Å². The van der Waals surface area contributed by atoms with Gasteiger partial charge in [-0.2, -0.15) is 0 Å². The minimum Gasteiger partial charge on any atom is -0.331 e. The van der Waals surface area contributed by atoms with Crippen LogP contribution in [0.1, 0.15) is 39.1 Å². The first-order chi connectivity index (χ1) is 6.20. The zero-order chi connectivity index (χ0) is 9.84. The molecule has 0 amide bonds. The SMILES string of the molecule is CCc1nccn1C(C)C(N)CC. The van der Waals surface area contributed by atoms with Gasteiger partial charge in [-0.05, 0) is 13.3 Å². The third-order valence-corrected chi connectivity index (χ3v) is 2.59. The number of nitrogens with two attached hydrogens (primary N) is 1. The van der Waals surface area contributed by atoms with Crippen molar-refractivity contribution in [3.05, 3.63) is 18.2 Å². The molecule has 0 fully saturated rings. The summed E-state index contributed by atoms with van der Waals surface area (Å²) in [7, 11) is 0. The standard InChI is InChI=1S/C10H19N3/c1-4-9(11)8(3)13-7-6-12-10(13)5-2/h6-9H,4-5,11H2,1-3H3. The van der Waals surface area contributed by atoms with Crippen molar-refractivity contribution in [2.75, 3.05) is 0 Å². The first-order valence-electron chi connectivity index (χ1n) is 4.98. The highest BCUT2D eigenvalue weighted by Gasteiger charge is 2.14. The van der Waals surface area contributed by atoms with Crippen LogP contribution in [0, 0.1) is 0 Å². The van der Waals surface area contributed by atoms with E-state index in [1.807, 2.05) is 12.4 Å². The Hall–Kier alpha value is -0.830. The van der Waals surface area contributed by atoms with Gasteiger partial charge in [-0.25, -0.2) is 4.98 Å². The number of aryl methyl sites for hydroxylation is 1. The van der Waals surface area contributed by atoms with Crippen LogP contribution in [-0.2, 0) is 6.42 Å². The maximum atomic E-state index is 5.98. The minimum absolute atomic E-state index is 0.222. The molecular formula is C10H19N3. The first kappa shape index (κ1) is 10.3. The molecular weight excluding hydrogens is 162 g/mol. The van der Waals surface area contributed by atoms with Crippen molar-refractivity contribution in [3.63, 3.8) is 0 Å². The monoisotopic (exact) mass is 181 g/mol. The number of rotatable bonds is 4. The molecule has 0 spiro atoms. The molecule has 1 heterocycles. The molecule has 0 saturated heterocycles. The van der Waals surface area contributed by atoms with Crippen LogP contribution >= 0.6 is 0 Å². The summed E-state index contributed by atoms with van der Waals surface area (Å²) in [6.45, 7) is 6.38. The van der Waals surface area contributed by atoms with Gasteiger partial charge in [0.15, 0.2) is 0 Å². The minimum atomic E-state index is 0.222. The highest BCUT2D eigenvalue weighted by atomic mass is 15.1. The molecule has 13 heavy (non-hydrogen) atoms. The third-order valence-electron chi connectivity index (χ3n) is 2.59. The highest BCUT2D eigenvalue weighted by molar-refractivity contribution is 4.95. The third kappa shape index (κ3) is 2.10. The second-order valence-corrected chi connectivity index (χ2v) is 3.42. The summed E-state index contributed by atoms with van der Waals surface area (Å²) in [4.78, 5) is 4.28. The van der Waals surface area contributed by atoms with Crippen molar-refractivity contribution in [3.8, 4) is 0 Å². The van der Waals surface area contributed by atoms with Gasteiger partial charge in [0.2, 0.25) is 0 Å². The summed E-state index contributed by atoms with van der Waals surface area (Å²) >= 11 is 0. The van der Waals surface area contributed by atoms with E-state index in [4.69, 9.17) is 5.73 Å². The van der Waals surface area contributed by atoms with Gasteiger partial charge in [-0.1, -0.05) is 13.8 Å². The van der Waals surface area contributed by atoms with E-state index in [1.165, 1.54) is 0 Å². The van der Waals surface area contributed by atoms with Gasteiger partial charge >= 0.3 is 0 Å². The van der Waals surface area contributed by atoms with E-state index < -0.39 is 0 Å². The molecule has 74 valence electrons. The van der Waals surface area contributed by atoms with Gasteiger partial charge in [0, 0.05) is 30.9 Å². The Bertz CT molecular complexity index is 254. The normalized spacial score (nSPS) is 15.7. The summed E-state index contributed by atoms with van der Waals surface area (Å²) in [5, 5.41) is 0. The fourth-order valence-electron chi connectivity index (χ4n) is 1.54. The molecule has 0 aliphatic rings. The predicted molar refractivity (Wildman–Crippen MR) is 54.6 cm³/mol. The Labute approximate surface area is 80.0 Å². The fraction of sp³-hybridized carbons (Fsp3) is 0.700. The molecule has 3 nitrogen and oxygen atoms in total. The van der Waals surface area contributed by atoms with Crippen LogP contribution in [0.5, 0.6) is 0 Å². The smallest absolute Gasteiger partial charge is 0.108 e. The van der Waals surface area contributed by atoms with Crippen molar-refractivity contribution in [1.29, 1.82) is 0 Å². The van der Waals surface area contributed by atoms with Gasteiger partial charge in [0.25, 0.3) is 0 Å². The second-order valence-electron chi connectivity index (χ2n) is 3.42. The van der Waals surface area contributed by atoms with Crippen LogP contribution < -0.4 is 5.73 Å². The molecule has 0 aliphatic carbocycles. The average molecular weight is 181 g/mol. The van der Waals surface area contributed by atoms with Crippen LogP contribution in [0.4, 0.5) is 0 Å². The molecule has 0 radical (unpaired) electrons. The number of nitrogens with zero attached hydrogens (tertiary/aromatic N) is 2. The number of hydrogen-bond acceptors (Lipinski definition) is 2. The summed E-state index contributed by atoms with van der Waals surface area (Å²) in [5.41, 5.74) is 5.98. The lowest BCUT2D eigenvalue weighted by Crippen LogP contribution is -2.30. The lowest BCUT2D eigenvalue weighted by Gasteiger charge is -2.21. The molecule has 2 atom stereocenters. The zero-order valence-electron chi connectivity index (χ0n) is 8.70. The Morgan fingerprint density at radius 2 is 2.23 bits per heavy atom. The number of imidazole rings is 1. The van der Waals surface area contributed by atoms with Gasteiger partial charge < -0.3 is 10.3 Å². The van der Waals surface area contributed by atoms with E-state index in [0.717, 1.165) is 18.7 Å². The van der Waals surface area contributed by atoms with Crippen LogP contribution in [0.2, 0.25) is 0 Å². The number of hydrogen-bond donors (Lipinski definition) is 1. The summed E-state index contributed by atoms with van der Waals surface area (Å²) < 4.78 is 2.17. The Morgan fingerprint density at radius 1 is 1.54 bits per heavy atom. The van der Waals surface area contributed by atoms with Crippen LogP contribution in [0.25, 0.3) is 0 Å². The van der Waals surface area contributed by atoms with Gasteiger partial charge in [-0.15, -0.1) is 0 Å². The largest absolute Gasteiger partial charge is 0.331 e. The molecule has 2 N–H and O–H groups in total. The van der Waals surface area contributed by atoms with E-state index in [0.29, 0.717) is 6.04 Å². The molecule has 1 aromatic heterocycles. The predicted octanol–water partition coefficient (Wildman–Crippen LogP) is 1.74. The Morgan fingerprint density at radius 3 is 2.77 bits per heavy atom. The second kappa shape index (κ2) is 4.42. The molecule has 0 bridgehead atoms. The molecule has 2 unspecified atom stereocenters. The van der Waals surface area contributed by atoms with Crippen molar-refractivity contribution in [2.24, 2.45) is 5.73 Å². The fourth-order valence-corrected chi connectivity index (χ4v) is 1.54. The molecule has 1 aromatic rings. The van der Waals surface area contributed by atoms with E-state index in [9.17, 15) is 0 Å². The summed E-state index contributed by atoms with van der Waals surface area (Å²) in [6, 6.07) is 0.571. The molecule has 0 saturated carbocycles. The van der Waals surface area contributed by atoms with Crippen molar-refractivity contribution < 1.29 is 0 Å². The van der Waals surface area contributed by atoms with Crippen LogP contribution in [0.3, 0.4) is 0 Å². The topological polar surface area (TPSA) is 43.8 Å². The van der Waals surface area contributed by atoms with E-state index in [1.54, 1.807) is 0 Å². The lowest BCUT2D eigenvalue weighted by atomic mass is 10.1. The van der Waals surface area contributed by atoms with Crippen molar-refractivity contribution in [1.82, 2.24) is 9.55 Å². The summed E-state index contributed by atoms with van der Waals surface area (Å²) in [6.07, 6.45) is 5.83. The first-order valence-corrected chi connectivity index (χ1v) is 4.98. The van der Waals surface area contributed by atoms with Gasteiger partial charge in [0.05, 0.1) is 0 Å². The molecule has 0 aromatic carbocycles. The Kier molecular flexibility index (Phi) is 3.48. The van der Waals surface area contributed by atoms with Crippen LogP contribution in [-0.4, -0.2) is 15.6 Å². The maximum absolute atomic E-state index is 5.98. The quantitative estimate of drug-likeness (QED) is 0.769. The zero-order valence-corrected chi connectivity index (χ0v) is 8.70. The molecule has 3 heteroatoms. The maximum Gasteiger partial charge on any atom is 0.108 e. The lowest BCUT2D eigenvalue weighted by molar-refractivity contribution is 0.420. The van der Waals surface area contributed by atoms with Crippen molar-refractivity contribution in [2.45, 2.75) is 45.7 Å². The highest BCUT2D eigenvalue weighted by Crippen LogP contribution is 2.14. The van der Waals surface area contributed by atoms with Gasteiger partial charge in [0.1, 0.15) is 5.82 Å². The molecule has 0 aliphatic heterocycles. The van der Waals surface area contributed by atoms with E-state index in [2.05, 4.69) is 30.3 Å².